The molecule has 2 aliphatic rings. The molecule has 3 aromatic rings. The molecule has 0 unspecified atom stereocenters. The Morgan fingerprint density at radius 2 is 2.00 bits per heavy atom. The third-order valence-corrected chi connectivity index (χ3v) is 8.86. The molecule has 1 aliphatic carbocycles. The van der Waals surface area contributed by atoms with Crippen LogP contribution in [0.4, 0.5) is 8.78 Å². The fraction of sp³-hybridized carbons (Fsp3) is 0.560. The van der Waals surface area contributed by atoms with Crippen molar-refractivity contribution in [2.75, 3.05) is 19.7 Å². The summed E-state index contributed by atoms with van der Waals surface area (Å²) < 4.78 is 32.3. The molecule has 10 heteroatoms. The van der Waals surface area contributed by atoms with E-state index >= 15 is 0 Å². The van der Waals surface area contributed by atoms with Gasteiger partial charge in [0.1, 0.15) is 0 Å². The third-order valence-electron chi connectivity index (χ3n) is 6.76. The van der Waals surface area contributed by atoms with Gasteiger partial charge in [0.05, 0.1) is 15.9 Å². The number of ether oxygens (including phenoxy) is 1. The molecule has 1 aromatic carbocycles. The van der Waals surface area contributed by atoms with Crippen molar-refractivity contribution in [1.29, 1.82) is 0 Å². The summed E-state index contributed by atoms with van der Waals surface area (Å²) >= 11 is 2.84. The molecule has 2 aromatic heterocycles. The lowest BCUT2D eigenvalue weighted by Gasteiger charge is -2.31. The number of benzene rings is 1. The quantitative estimate of drug-likeness (QED) is 0.423. The van der Waals surface area contributed by atoms with E-state index in [0.29, 0.717) is 16.1 Å². The molecule has 1 saturated carbocycles. The Kier molecular flexibility index (Phi) is 7.31. The van der Waals surface area contributed by atoms with Crippen LogP contribution in [0.1, 0.15) is 59.4 Å². The van der Waals surface area contributed by atoms with E-state index in [1.807, 2.05) is 24.3 Å². The Balaban J connectivity index is 1.04. The average molecular weight is 521 g/mol. The van der Waals surface area contributed by atoms with Gasteiger partial charge < -0.3 is 10.1 Å². The number of carbonyl (C=O) groups is 1. The molecule has 0 radical (unpaired) electrons. The van der Waals surface area contributed by atoms with Crippen molar-refractivity contribution in [3.63, 3.8) is 0 Å². The second-order valence-corrected chi connectivity index (χ2v) is 11.8. The monoisotopic (exact) mass is 520 g/mol. The highest BCUT2D eigenvalue weighted by atomic mass is 32.1. The highest BCUT2D eigenvalue weighted by Gasteiger charge is 2.27. The highest BCUT2D eigenvalue weighted by Crippen LogP contribution is 2.32. The minimum Gasteiger partial charge on any atom is -0.464 e. The summed E-state index contributed by atoms with van der Waals surface area (Å²) in [5.74, 6) is -2.25. The molecule has 6 nitrogen and oxygen atoms in total. The third kappa shape index (κ3) is 6.34. The van der Waals surface area contributed by atoms with Gasteiger partial charge in [0.2, 0.25) is 0 Å². The van der Waals surface area contributed by atoms with Crippen molar-refractivity contribution in [2.24, 2.45) is 5.92 Å². The van der Waals surface area contributed by atoms with Crippen molar-refractivity contribution < 1.29 is 18.3 Å². The highest BCUT2D eigenvalue weighted by molar-refractivity contribution is 7.20. The number of rotatable bonds is 8. The molecule has 0 saturated heterocycles. The predicted molar refractivity (Wildman–Crippen MR) is 135 cm³/mol. The van der Waals surface area contributed by atoms with Gasteiger partial charge in [-0.05, 0) is 63.1 Å². The largest absolute Gasteiger partial charge is 0.464 e. The number of halogens is 2. The van der Waals surface area contributed by atoms with E-state index < -0.39 is 12.5 Å². The Morgan fingerprint density at radius 3 is 2.77 bits per heavy atom. The zero-order valence-corrected chi connectivity index (χ0v) is 21.4. The summed E-state index contributed by atoms with van der Waals surface area (Å²) in [4.78, 5) is 25.1. The molecule has 1 aliphatic heterocycles. The normalized spacial score (nSPS) is 21.1. The number of nitrogens with zero attached hydrogens (tertiary/aromatic N) is 3. The number of hydrogen-bond acceptors (Lipinski definition) is 7. The minimum atomic E-state index is -2.85. The summed E-state index contributed by atoms with van der Waals surface area (Å²) in [6.07, 6.45) is 6.25. The first-order valence-electron chi connectivity index (χ1n) is 12.2. The molecule has 5 rings (SSSR count). The summed E-state index contributed by atoms with van der Waals surface area (Å²) in [7, 11) is 0. The lowest BCUT2D eigenvalue weighted by atomic mass is 9.84. The molecule has 1 amide bonds. The van der Waals surface area contributed by atoms with E-state index in [-0.39, 0.29) is 11.9 Å². The maximum absolute atomic E-state index is 13.1. The second kappa shape index (κ2) is 10.4. The Hall–Kier alpha value is -2.17. The number of thiazole rings is 2. The van der Waals surface area contributed by atoms with E-state index in [2.05, 4.69) is 20.2 Å². The van der Waals surface area contributed by atoms with Crippen LogP contribution in [0.5, 0.6) is 5.19 Å². The molecular formula is C25H30F2N4O2S2. The number of alkyl halides is 2. The van der Waals surface area contributed by atoms with Crippen LogP contribution in [0.25, 0.3) is 10.2 Å². The summed E-state index contributed by atoms with van der Waals surface area (Å²) in [5, 5.41) is 4.08. The van der Waals surface area contributed by atoms with Crippen LogP contribution < -0.4 is 10.1 Å². The van der Waals surface area contributed by atoms with Crippen molar-refractivity contribution in [1.82, 2.24) is 20.2 Å². The van der Waals surface area contributed by atoms with E-state index in [1.165, 1.54) is 22.7 Å². The predicted octanol–water partition coefficient (Wildman–Crippen LogP) is 5.52. The molecule has 3 heterocycles. The minimum absolute atomic E-state index is 0.0620. The summed E-state index contributed by atoms with van der Waals surface area (Å²) in [6, 6.07) is 8.05. The van der Waals surface area contributed by atoms with Gasteiger partial charge in [-0.1, -0.05) is 23.5 Å². The maximum atomic E-state index is 13.1. The fourth-order valence-electron chi connectivity index (χ4n) is 4.85. The number of nitrogens with one attached hydrogen (secondary N) is 1. The lowest BCUT2D eigenvalue weighted by Crippen LogP contribution is -2.38. The fourth-order valence-corrected chi connectivity index (χ4v) is 6.62. The second-order valence-electron chi connectivity index (χ2n) is 9.70. The summed E-state index contributed by atoms with van der Waals surface area (Å²) in [6.45, 7) is 2.95. The van der Waals surface area contributed by atoms with Crippen molar-refractivity contribution >= 4 is 38.8 Å². The molecule has 1 N–H and O–H groups in total. The first-order chi connectivity index (χ1) is 16.8. The van der Waals surface area contributed by atoms with E-state index in [0.717, 1.165) is 85.9 Å². The maximum Gasteiger partial charge on any atom is 0.280 e. The number of amides is 1. The molecule has 0 atom stereocenters. The topological polar surface area (TPSA) is 67.3 Å². The number of aromatic nitrogens is 2. The van der Waals surface area contributed by atoms with Crippen LogP contribution in [0.15, 0.2) is 24.3 Å². The van der Waals surface area contributed by atoms with Gasteiger partial charge in [-0.25, -0.2) is 18.7 Å². The van der Waals surface area contributed by atoms with Crippen molar-refractivity contribution in [3.05, 3.63) is 39.8 Å². The lowest BCUT2D eigenvalue weighted by molar-refractivity contribution is -0.0230. The van der Waals surface area contributed by atoms with E-state index in [1.54, 1.807) is 0 Å². The van der Waals surface area contributed by atoms with E-state index in [9.17, 15) is 13.6 Å². The zero-order valence-electron chi connectivity index (χ0n) is 19.8. The van der Waals surface area contributed by atoms with Gasteiger partial charge in [-0.15, -0.1) is 11.3 Å². The Bertz CT molecular complexity index is 1130. The van der Waals surface area contributed by atoms with Crippen LogP contribution in [-0.2, 0) is 13.0 Å². The van der Waals surface area contributed by atoms with Crippen molar-refractivity contribution in [2.45, 2.75) is 64.0 Å². The van der Waals surface area contributed by atoms with Crippen LogP contribution in [0, 0.1) is 5.92 Å². The first kappa shape index (κ1) is 24.5. The number of fused-ring (bicyclic) bond motifs is 2. The first-order valence-corrected chi connectivity index (χ1v) is 13.8. The molecule has 0 bridgehead atoms. The van der Waals surface area contributed by atoms with Crippen LogP contribution >= 0.6 is 22.7 Å². The van der Waals surface area contributed by atoms with Gasteiger partial charge in [0.25, 0.3) is 17.0 Å². The van der Waals surface area contributed by atoms with Gasteiger partial charge in [0, 0.05) is 30.9 Å². The van der Waals surface area contributed by atoms with Gasteiger partial charge in [0.15, 0.2) is 11.6 Å². The average Bonchev–Trinajstić information content (AvgIpc) is 3.45. The summed E-state index contributed by atoms with van der Waals surface area (Å²) in [5.41, 5.74) is 1.84. The van der Waals surface area contributed by atoms with Gasteiger partial charge >= 0.3 is 0 Å². The molecule has 0 spiro atoms. The molecule has 1 fully saturated rings. The van der Waals surface area contributed by atoms with Gasteiger partial charge in [-0.2, -0.15) is 0 Å². The SMILES string of the molecule is CC(F)(F)COc1nc2c(s1)CCN(CCC1CCC(NC(=O)c3nc4ccccc4s3)CC1)C2. The Labute approximate surface area is 211 Å². The smallest absolute Gasteiger partial charge is 0.280 e. The number of carbonyl (C=O) groups excluding carboxylic acids is 1. The standard InChI is InChI=1S/C25H30F2N4O2S2/c1-25(26,27)15-33-24-30-19-14-31(13-11-21(19)35-24)12-10-16-6-8-17(9-7-16)28-22(32)23-29-18-4-2-3-5-20(18)34-23/h2-5,16-17H,6-15H2,1H3,(H,28,32). The zero-order chi connectivity index (χ0) is 24.4. The Morgan fingerprint density at radius 1 is 1.20 bits per heavy atom. The van der Waals surface area contributed by atoms with Crippen LogP contribution in [0.2, 0.25) is 0 Å². The van der Waals surface area contributed by atoms with Crippen LogP contribution in [-0.4, -0.2) is 52.4 Å². The van der Waals surface area contributed by atoms with Gasteiger partial charge in [-0.3, -0.25) is 9.69 Å². The molecule has 35 heavy (non-hydrogen) atoms. The molecule has 188 valence electrons. The number of para-hydroxylation sites is 1. The van der Waals surface area contributed by atoms with E-state index in [4.69, 9.17) is 4.74 Å². The van der Waals surface area contributed by atoms with Crippen LogP contribution in [0.3, 0.4) is 0 Å². The number of hydrogen-bond donors (Lipinski definition) is 1. The van der Waals surface area contributed by atoms with Crippen molar-refractivity contribution in [3.8, 4) is 5.19 Å². The molecular weight excluding hydrogens is 490 g/mol.